The van der Waals surface area contributed by atoms with Gasteiger partial charge in [0.1, 0.15) is 0 Å². The van der Waals surface area contributed by atoms with Crippen molar-refractivity contribution in [3.8, 4) is 0 Å². The van der Waals surface area contributed by atoms with E-state index in [1.54, 1.807) is 11.3 Å². The number of hydrogen-bond donors (Lipinski definition) is 1. The number of piperidine rings is 1. The molecular formula is C28H26N4O2S. The molecule has 0 radical (unpaired) electrons. The number of fused-ring (bicyclic) bond motifs is 1. The molecule has 0 atom stereocenters. The fourth-order valence-electron chi connectivity index (χ4n) is 5.22. The van der Waals surface area contributed by atoms with Crippen molar-refractivity contribution in [2.75, 3.05) is 19.8 Å². The number of rotatable bonds is 5. The zero-order valence-electron chi connectivity index (χ0n) is 19.3. The van der Waals surface area contributed by atoms with Gasteiger partial charge in [0.2, 0.25) is 0 Å². The Hall–Kier alpha value is -3.55. The third-order valence-corrected chi connectivity index (χ3v) is 8.31. The third-order valence-electron chi connectivity index (χ3n) is 7.11. The number of thiazole rings is 1. The first kappa shape index (κ1) is 21.9. The second kappa shape index (κ2) is 8.91. The van der Waals surface area contributed by atoms with Crippen LogP contribution in [0.4, 0.5) is 4.79 Å². The van der Waals surface area contributed by atoms with Crippen LogP contribution in [0.1, 0.15) is 34.9 Å². The summed E-state index contributed by atoms with van der Waals surface area (Å²) in [5.74, 6) is 0.188. The number of likely N-dealkylation sites (tertiary alicyclic amines) is 1. The first-order valence-electron chi connectivity index (χ1n) is 12.0. The monoisotopic (exact) mass is 482 g/mol. The van der Waals surface area contributed by atoms with Crippen molar-refractivity contribution in [2.45, 2.75) is 24.3 Å². The van der Waals surface area contributed by atoms with Crippen molar-refractivity contribution in [3.05, 3.63) is 101 Å². The predicted octanol–water partition coefficient (Wildman–Crippen LogP) is 4.93. The molecule has 0 unspecified atom stereocenters. The maximum atomic E-state index is 13.9. The summed E-state index contributed by atoms with van der Waals surface area (Å²) < 4.78 is 1.22. The molecule has 6 nitrogen and oxygen atoms in total. The highest BCUT2D eigenvalue weighted by molar-refractivity contribution is 7.18. The first-order valence-corrected chi connectivity index (χ1v) is 12.8. The van der Waals surface area contributed by atoms with Gasteiger partial charge in [-0.15, -0.1) is 11.3 Å². The van der Waals surface area contributed by atoms with Gasteiger partial charge >= 0.3 is 6.03 Å². The van der Waals surface area contributed by atoms with Gasteiger partial charge < -0.3 is 5.32 Å². The van der Waals surface area contributed by atoms with Crippen LogP contribution in [-0.2, 0) is 10.3 Å². The Morgan fingerprint density at radius 2 is 1.46 bits per heavy atom. The number of nitrogens with one attached hydrogen (secondary N) is 1. The maximum Gasteiger partial charge on any atom is 0.326 e. The molecule has 0 spiro atoms. The normalized spacial score (nSPS) is 18.8. The highest BCUT2D eigenvalue weighted by atomic mass is 32.1. The molecule has 2 saturated heterocycles. The Bertz CT molecular complexity index is 1290. The van der Waals surface area contributed by atoms with Gasteiger partial charge in [-0.1, -0.05) is 72.8 Å². The topological polar surface area (TPSA) is 65.5 Å². The summed E-state index contributed by atoms with van der Waals surface area (Å²) in [5, 5.41) is 4.23. The molecule has 4 aromatic rings. The largest absolute Gasteiger partial charge is 0.326 e. The molecule has 0 bridgehead atoms. The van der Waals surface area contributed by atoms with Crippen molar-refractivity contribution < 1.29 is 9.59 Å². The molecular weight excluding hydrogens is 456 g/mol. The number of carbonyl (C=O) groups is 2. The fourth-order valence-corrected chi connectivity index (χ4v) is 6.36. The van der Waals surface area contributed by atoms with E-state index >= 15 is 0 Å². The van der Waals surface area contributed by atoms with Gasteiger partial charge in [0.25, 0.3) is 5.91 Å². The predicted molar refractivity (Wildman–Crippen MR) is 137 cm³/mol. The first-order chi connectivity index (χ1) is 17.1. The van der Waals surface area contributed by atoms with Crippen molar-refractivity contribution in [2.24, 2.45) is 0 Å². The Labute approximate surface area is 208 Å². The van der Waals surface area contributed by atoms with E-state index in [1.165, 1.54) is 14.6 Å². The second-order valence-electron chi connectivity index (χ2n) is 9.20. The second-order valence-corrected chi connectivity index (χ2v) is 10.3. The number of nitrogens with zero attached hydrogens (tertiary/aromatic N) is 3. The van der Waals surface area contributed by atoms with Crippen LogP contribution >= 0.6 is 11.3 Å². The number of benzene rings is 3. The van der Waals surface area contributed by atoms with Gasteiger partial charge in [-0.25, -0.2) is 14.7 Å². The highest BCUT2D eigenvalue weighted by Gasteiger charge is 2.54. The van der Waals surface area contributed by atoms with Gasteiger partial charge in [-0.2, -0.15) is 0 Å². The van der Waals surface area contributed by atoms with Crippen LogP contribution in [0.2, 0.25) is 0 Å². The number of urea groups is 1. The van der Waals surface area contributed by atoms with Crippen LogP contribution in [0.25, 0.3) is 10.2 Å². The molecule has 1 N–H and O–H groups in total. The quantitative estimate of drug-likeness (QED) is 0.410. The van der Waals surface area contributed by atoms with E-state index in [0.29, 0.717) is 12.6 Å². The van der Waals surface area contributed by atoms with Crippen molar-refractivity contribution in [1.29, 1.82) is 0 Å². The van der Waals surface area contributed by atoms with E-state index in [2.05, 4.69) is 28.4 Å². The van der Waals surface area contributed by atoms with Gasteiger partial charge in [0, 0.05) is 19.0 Å². The summed E-state index contributed by atoms with van der Waals surface area (Å²) in [4.78, 5) is 35.5. The van der Waals surface area contributed by atoms with E-state index in [-0.39, 0.29) is 11.9 Å². The molecule has 0 saturated carbocycles. The molecule has 35 heavy (non-hydrogen) atoms. The van der Waals surface area contributed by atoms with E-state index < -0.39 is 5.54 Å². The van der Waals surface area contributed by atoms with Gasteiger partial charge in [-0.3, -0.25) is 9.69 Å². The number of hydrogen-bond acceptors (Lipinski definition) is 5. The molecule has 3 heterocycles. The van der Waals surface area contributed by atoms with Crippen LogP contribution in [-0.4, -0.2) is 46.5 Å². The zero-order valence-corrected chi connectivity index (χ0v) is 20.1. The Kier molecular flexibility index (Phi) is 5.59. The number of imide groups is 1. The van der Waals surface area contributed by atoms with Crippen LogP contribution < -0.4 is 5.32 Å². The van der Waals surface area contributed by atoms with Gasteiger partial charge in [-0.05, 0) is 36.1 Å². The minimum atomic E-state index is -1.21. The Morgan fingerprint density at radius 3 is 2.09 bits per heavy atom. The van der Waals surface area contributed by atoms with Crippen molar-refractivity contribution in [3.63, 3.8) is 0 Å². The van der Waals surface area contributed by atoms with Gasteiger partial charge in [0.15, 0.2) is 5.54 Å². The number of amides is 3. The van der Waals surface area contributed by atoms with Crippen LogP contribution in [0.15, 0.2) is 84.9 Å². The molecule has 0 aliphatic carbocycles. The van der Waals surface area contributed by atoms with E-state index in [1.807, 2.05) is 66.7 Å². The average Bonchev–Trinajstić information content (AvgIpc) is 3.45. The minimum Gasteiger partial charge on any atom is -0.315 e. The Balaban J connectivity index is 1.20. The highest BCUT2D eigenvalue weighted by Crippen LogP contribution is 2.37. The van der Waals surface area contributed by atoms with Crippen molar-refractivity contribution in [1.82, 2.24) is 20.1 Å². The summed E-state index contributed by atoms with van der Waals surface area (Å²) in [5.41, 5.74) is 1.38. The van der Waals surface area contributed by atoms with Crippen LogP contribution in [0, 0.1) is 0 Å². The molecule has 3 aromatic carbocycles. The number of aromatic nitrogens is 1. The molecule has 6 rings (SSSR count). The lowest BCUT2D eigenvalue weighted by atomic mass is 9.83. The average molecular weight is 483 g/mol. The molecule has 2 aliphatic heterocycles. The SMILES string of the molecule is O=C1NC(c2ccccc2)(c2ccccc2)C(=O)N1CN1CCC(c2nc3ccccc3s2)CC1. The van der Waals surface area contributed by atoms with E-state index in [9.17, 15) is 9.59 Å². The zero-order chi connectivity index (χ0) is 23.8. The summed E-state index contributed by atoms with van der Waals surface area (Å²) in [6.07, 6.45) is 1.93. The third kappa shape index (κ3) is 3.81. The Morgan fingerprint density at radius 1 is 0.857 bits per heavy atom. The molecule has 2 aliphatic rings. The molecule has 3 amide bonds. The summed E-state index contributed by atoms with van der Waals surface area (Å²) in [6, 6.07) is 26.9. The van der Waals surface area contributed by atoms with Crippen molar-refractivity contribution >= 4 is 33.5 Å². The molecule has 2 fully saturated rings. The van der Waals surface area contributed by atoms with Gasteiger partial charge in [0.05, 0.1) is 21.9 Å². The lowest BCUT2D eigenvalue weighted by Crippen LogP contribution is -2.47. The summed E-state index contributed by atoms with van der Waals surface area (Å²) >= 11 is 1.78. The molecule has 7 heteroatoms. The smallest absolute Gasteiger partial charge is 0.315 e. The fraction of sp³-hybridized carbons (Fsp3) is 0.250. The molecule has 1 aromatic heterocycles. The lowest BCUT2D eigenvalue weighted by Gasteiger charge is -2.33. The maximum absolute atomic E-state index is 13.9. The number of carbonyl (C=O) groups excluding carboxylic acids is 2. The molecule has 176 valence electrons. The van der Waals surface area contributed by atoms with Crippen LogP contribution in [0.3, 0.4) is 0 Å². The number of para-hydroxylation sites is 1. The van der Waals surface area contributed by atoms with E-state index in [0.717, 1.165) is 42.6 Å². The lowest BCUT2D eigenvalue weighted by molar-refractivity contribution is -0.131. The summed E-state index contributed by atoms with van der Waals surface area (Å²) in [6.45, 7) is 1.93. The van der Waals surface area contributed by atoms with E-state index in [4.69, 9.17) is 4.98 Å². The summed E-state index contributed by atoms with van der Waals surface area (Å²) in [7, 11) is 0. The standard InChI is InChI=1S/C28H26N4O2S/c33-26-28(21-9-3-1-4-10-21,22-11-5-2-6-12-22)30-27(34)32(26)19-31-17-15-20(16-18-31)25-29-23-13-7-8-14-24(23)35-25/h1-14,20H,15-19H2,(H,30,34). The minimum absolute atomic E-state index is 0.229. The van der Waals surface area contributed by atoms with Crippen LogP contribution in [0.5, 0.6) is 0 Å².